The van der Waals surface area contributed by atoms with E-state index < -0.39 is 0 Å². The van der Waals surface area contributed by atoms with Crippen molar-refractivity contribution in [1.29, 1.82) is 0 Å². The number of carbonyl (C=O) groups is 2. The Hall–Kier alpha value is -2.38. The zero-order chi connectivity index (χ0) is 16.9. The van der Waals surface area contributed by atoms with E-state index in [-0.39, 0.29) is 18.3 Å². The first kappa shape index (κ1) is 18.7. The lowest BCUT2D eigenvalue weighted by molar-refractivity contribution is -0.122. The fourth-order valence-corrected chi connectivity index (χ4v) is 1.86. The monoisotopic (exact) mass is 313 g/mol. The largest absolute Gasteiger partial charge is 0.389 e. The van der Waals surface area contributed by atoms with Crippen molar-refractivity contribution in [2.24, 2.45) is 0 Å². The number of aliphatic hydroxyl groups excluding tert-OH is 1. The molecule has 0 atom stereocenters. The molecule has 23 heavy (non-hydrogen) atoms. The van der Waals surface area contributed by atoms with Crippen molar-refractivity contribution in [3.05, 3.63) is 47.5 Å². The number of hydrogen-bond donors (Lipinski definition) is 2. The Bertz CT molecular complexity index is 594. The van der Waals surface area contributed by atoms with Crippen LogP contribution in [0.4, 0.5) is 0 Å². The lowest BCUT2D eigenvalue weighted by Gasteiger charge is -2.04. The maximum Gasteiger partial charge on any atom is 0.247 e. The van der Waals surface area contributed by atoms with Crippen LogP contribution in [-0.2, 0) is 9.59 Å². The van der Waals surface area contributed by atoms with E-state index in [4.69, 9.17) is 5.11 Å². The molecule has 0 saturated carbocycles. The van der Waals surface area contributed by atoms with Crippen molar-refractivity contribution in [2.75, 3.05) is 13.2 Å². The standard InChI is InChI=1S/C19H23NO3/c1-16(9-8-12-17-10-4-2-5-11-17)19(23)20-14-7-3-6-13-18(22)15-21/h2,4-5,9-11,21H,3,6-7,13-15H2,1H3,(H,20,23)/b16-9+. The minimum atomic E-state index is -0.384. The number of amides is 1. The van der Waals surface area contributed by atoms with Crippen molar-refractivity contribution in [3.63, 3.8) is 0 Å². The van der Waals surface area contributed by atoms with Gasteiger partial charge in [-0.15, -0.1) is 0 Å². The third kappa shape index (κ3) is 8.60. The second kappa shape index (κ2) is 11.2. The fraction of sp³-hybridized carbons (Fsp3) is 0.368. The van der Waals surface area contributed by atoms with Gasteiger partial charge in [0.1, 0.15) is 6.61 Å². The quantitative estimate of drug-likeness (QED) is 0.439. The summed E-state index contributed by atoms with van der Waals surface area (Å²) in [4.78, 5) is 22.7. The molecule has 0 saturated heterocycles. The number of unbranched alkanes of at least 4 members (excludes halogenated alkanes) is 2. The molecule has 0 aliphatic carbocycles. The van der Waals surface area contributed by atoms with Crippen molar-refractivity contribution in [1.82, 2.24) is 5.32 Å². The molecule has 4 nitrogen and oxygen atoms in total. The first-order valence-corrected chi connectivity index (χ1v) is 7.77. The van der Waals surface area contributed by atoms with Gasteiger partial charge in [-0.2, -0.15) is 0 Å². The van der Waals surface area contributed by atoms with Crippen LogP contribution in [0.3, 0.4) is 0 Å². The minimum absolute atomic E-state index is 0.126. The van der Waals surface area contributed by atoms with Gasteiger partial charge in [0.25, 0.3) is 0 Å². The Labute approximate surface area is 137 Å². The van der Waals surface area contributed by atoms with Crippen molar-refractivity contribution >= 4 is 11.7 Å². The fourth-order valence-electron chi connectivity index (χ4n) is 1.86. The second-order valence-corrected chi connectivity index (χ2v) is 5.23. The molecule has 4 heteroatoms. The van der Waals surface area contributed by atoms with Crippen LogP contribution in [0.1, 0.15) is 38.2 Å². The van der Waals surface area contributed by atoms with Crippen LogP contribution in [0, 0.1) is 11.8 Å². The summed E-state index contributed by atoms with van der Waals surface area (Å²) in [6.45, 7) is 1.92. The van der Waals surface area contributed by atoms with Crippen LogP contribution in [0.2, 0.25) is 0 Å². The normalized spacial score (nSPS) is 10.6. The van der Waals surface area contributed by atoms with E-state index in [2.05, 4.69) is 17.2 Å². The molecule has 0 spiro atoms. The maximum atomic E-state index is 11.8. The molecule has 1 aromatic rings. The van der Waals surface area contributed by atoms with Gasteiger partial charge in [-0.3, -0.25) is 9.59 Å². The van der Waals surface area contributed by atoms with Crippen LogP contribution in [-0.4, -0.2) is 29.9 Å². The Morgan fingerprint density at radius 1 is 1.17 bits per heavy atom. The minimum Gasteiger partial charge on any atom is -0.389 e. The summed E-state index contributed by atoms with van der Waals surface area (Å²) in [5.74, 6) is 5.59. The number of nitrogens with one attached hydrogen (secondary N) is 1. The molecule has 0 aromatic heterocycles. The highest BCUT2D eigenvalue weighted by atomic mass is 16.3. The van der Waals surface area contributed by atoms with Gasteiger partial charge in [0.15, 0.2) is 5.78 Å². The highest BCUT2D eigenvalue weighted by molar-refractivity contribution is 5.93. The van der Waals surface area contributed by atoms with Gasteiger partial charge in [0.05, 0.1) is 0 Å². The molecule has 122 valence electrons. The second-order valence-electron chi connectivity index (χ2n) is 5.23. The maximum absolute atomic E-state index is 11.8. The molecule has 0 heterocycles. The van der Waals surface area contributed by atoms with E-state index in [0.29, 0.717) is 18.5 Å². The molecule has 0 bridgehead atoms. The highest BCUT2D eigenvalue weighted by Gasteiger charge is 2.02. The van der Waals surface area contributed by atoms with E-state index in [9.17, 15) is 9.59 Å². The molecule has 1 aromatic carbocycles. The highest BCUT2D eigenvalue weighted by Crippen LogP contribution is 2.00. The van der Waals surface area contributed by atoms with E-state index in [1.165, 1.54) is 0 Å². The lowest BCUT2D eigenvalue weighted by atomic mass is 10.1. The predicted octanol–water partition coefficient (Wildman–Crippen LogP) is 2.22. The smallest absolute Gasteiger partial charge is 0.247 e. The third-order valence-corrected chi connectivity index (χ3v) is 3.23. The summed E-state index contributed by atoms with van der Waals surface area (Å²) < 4.78 is 0. The van der Waals surface area contributed by atoms with Gasteiger partial charge in [0.2, 0.25) is 5.91 Å². The Morgan fingerprint density at radius 2 is 1.91 bits per heavy atom. The molecule has 2 N–H and O–H groups in total. The SMILES string of the molecule is C/C(=C\C#Cc1ccccc1)C(=O)NCCCCCC(=O)CO. The van der Waals surface area contributed by atoms with Crippen LogP contribution < -0.4 is 5.32 Å². The zero-order valence-corrected chi connectivity index (χ0v) is 13.5. The summed E-state index contributed by atoms with van der Waals surface area (Å²) in [5.41, 5.74) is 1.48. The van der Waals surface area contributed by atoms with Crippen molar-refractivity contribution in [2.45, 2.75) is 32.6 Å². The number of aliphatic hydroxyl groups is 1. The van der Waals surface area contributed by atoms with Gasteiger partial charge in [-0.05, 0) is 38.0 Å². The molecule has 1 rings (SSSR count). The van der Waals surface area contributed by atoms with E-state index in [1.807, 2.05) is 30.3 Å². The topological polar surface area (TPSA) is 66.4 Å². The molecule has 0 unspecified atom stereocenters. The number of Topliss-reactive ketones (excluding diaryl/α,β-unsaturated/α-hetero) is 1. The molecule has 0 aliphatic rings. The number of benzene rings is 1. The molecule has 0 fully saturated rings. The molecular formula is C19H23NO3. The van der Waals surface area contributed by atoms with Crippen LogP contribution >= 0.6 is 0 Å². The number of ketones is 1. The predicted molar refractivity (Wildman–Crippen MR) is 90.6 cm³/mol. The van der Waals surface area contributed by atoms with Crippen molar-refractivity contribution in [3.8, 4) is 11.8 Å². The van der Waals surface area contributed by atoms with E-state index in [0.717, 1.165) is 24.8 Å². The number of hydrogen-bond acceptors (Lipinski definition) is 3. The van der Waals surface area contributed by atoms with Gasteiger partial charge in [-0.1, -0.05) is 36.5 Å². The third-order valence-electron chi connectivity index (χ3n) is 3.23. The zero-order valence-electron chi connectivity index (χ0n) is 13.5. The number of rotatable bonds is 8. The Kier molecular flexibility index (Phi) is 9.11. The first-order valence-electron chi connectivity index (χ1n) is 7.77. The molecule has 1 amide bonds. The Morgan fingerprint density at radius 3 is 2.61 bits per heavy atom. The van der Waals surface area contributed by atoms with Crippen LogP contribution in [0.5, 0.6) is 0 Å². The van der Waals surface area contributed by atoms with Crippen molar-refractivity contribution < 1.29 is 14.7 Å². The number of carbonyl (C=O) groups excluding carboxylic acids is 2. The molecule has 0 aliphatic heterocycles. The average Bonchev–Trinajstić information content (AvgIpc) is 2.58. The van der Waals surface area contributed by atoms with Gasteiger partial charge < -0.3 is 10.4 Å². The summed E-state index contributed by atoms with van der Waals surface area (Å²) in [6.07, 6.45) is 4.42. The Balaban J connectivity index is 2.25. The summed E-state index contributed by atoms with van der Waals surface area (Å²) in [6, 6.07) is 9.60. The first-order chi connectivity index (χ1) is 11.1. The van der Waals surface area contributed by atoms with E-state index >= 15 is 0 Å². The summed E-state index contributed by atoms with van der Waals surface area (Å²) in [7, 11) is 0. The van der Waals surface area contributed by atoms with Gasteiger partial charge >= 0.3 is 0 Å². The van der Waals surface area contributed by atoms with Crippen LogP contribution in [0.25, 0.3) is 0 Å². The van der Waals surface area contributed by atoms with Gasteiger partial charge in [0, 0.05) is 24.1 Å². The van der Waals surface area contributed by atoms with Gasteiger partial charge in [-0.25, -0.2) is 0 Å². The number of allylic oxidation sites excluding steroid dienone is 1. The summed E-state index contributed by atoms with van der Waals surface area (Å²) in [5, 5.41) is 11.4. The summed E-state index contributed by atoms with van der Waals surface area (Å²) >= 11 is 0. The lowest BCUT2D eigenvalue weighted by Crippen LogP contribution is -2.25. The van der Waals surface area contributed by atoms with E-state index in [1.54, 1.807) is 13.0 Å². The molecule has 0 radical (unpaired) electrons. The molecular weight excluding hydrogens is 290 g/mol. The van der Waals surface area contributed by atoms with Crippen LogP contribution in [0.15, 0.2) is 42.0 Å². The average molecular weight is 313 g/mol.